The number of hydrogen-bond donors (Lipinski definition) is 1. The number of ether oxygens (including phenoxy) is 1. The van der Waals surface area contributed by atoms with Crippen LogP contribution in [0.4, 0.5) is 4.39 Å². The Morgan fingerprint density at radius 2 is 2.03 bits per heavy atom. The molecule has 4 rings (SSSR count). The number of benzene rings is 2. The number of fused-ring (bicyclic) bond motifs is 1. The minimum atomic E-state index is -3.00. The largest absolute Gasteiger partial charge is 0.497 e. The van der Waals surface area contributed by atoms with Crippen LogP contribution >= 0.6 is 0 Å². The number of hydrogen-bond acceptors (Lipinski definition) is 5. The Kier molecular flexibility index (Phi) is 5.62. The summed E-state index contributed by atoms with van der Waals surface area (Å²) in [4.78, 5) is 13.2. The van der Waals surface area contributed by atoms with Gasteiger partial charge >= 0.3 is 0 Å². The first-order valence-corrected chi connectivity index (χ1v) is 11.6. The summed E-state index contributed by atoms with van der Waals surface area (Å²) in [5.74, 6) is 0.519. The Morgan fingerprint density at radius 3 is 2.77 bits per heavy atom. The van der Waals surface area contributed by atoms with Gasteiger partial charge in [-0.1, -0.05) is 12.1 Å². The van der Waals surface area contributed by atoms with E-state index in [2.05, 4.69) is 5.32 Å². The summed E-state index contributed by atoms with van der Waals surface area (Å²) in [6, 6.07) is 13.3. The summed E-state index contributed by atoms with van der Waals surface area (Å²) < 4.78 is 44.1. The Bertz CT molecular complexity index is 1250. The molecule has 0 saturated carbocycles. The fraction of sp³-hybridized carbons (Fsp3) is 0.318. The van der Waals surface area contributed by atoms with Crippen LogP contribution < -0.4 is 15.6 Å². The molecule has 0 spiro atoms. The van der Waals surface area contributed by atoms with Crippen molar-refractivity contribution in [2.45, 2.75) is 25.6 Å². The molecule has 2 heterocycles. The molecule has 1 aliphatic rings. The quantitative estimate of drug-likeness (QED) is 0.650. The lowest BCUT2D eigenvalue weighted by atomic mass is 10.1. The average Bonchev–Trinajstić information content (AvgIpc) is 3.08. The molecular weight excluding hydrogens is 407 g/mol. The van der Waals surface area contributed by atoms with Gasteiger partial charge < -0.3 is 14.6 Å². The van der Waals surface area contributed by atoms with Gasteiger partial charge in [0, 0.05) is 18.2 Å². The molecule has 2 aromatic carbocycles. The van der Waals surface area contributed by atoms with Crippen LogP contribution in [-0.2, 0) is 22.9 Å². The lowest BCUT2D eigenvalue weighted by Crippen LogP contribution is -2.33. The number of halogens is 1. The Labute approximate surface area is 174 Å². The van der Waals surface area contributed by atoms with Gasteiger partial charge in [0.05, 0.1) is 30.7 Å². The molecule has 1 fully saturated rings. The molecule has 1 unspecified atom stereocenters. The van der Waals surface area contributed by atoms with Crippen molar-refractivity contribution in [3.63, 3.8) is 0 Å². The number of pyridine rings is 1. The molecule has 158 valence electrons. The van der Waals surface area contributed by atoms with Gasteiger partial charge in [0.1, 0.15) is 11.6 Å². The Balaban J connectivity index is 1.70. The molecule has 6 nitrogen and oxygen atoms in total. The first-order valence-electron chi connectivity index (χ1n) is 9.73. The Morgan fingerprint density at radius 1 is 1.20 bits per heavy atom. The van der Waals surface area contributed by atoms with Gasteiger partial charge in [0.2, 0.25) is 0 Å². The highest BCUT2D eigenvalue weighted by molar-refractivity contribution is 7.91. The molecule has 1 atom stereocenters. The average molecular weight is 431 g/mol. The predicted octanol–water partition coefficient (Wildman–Crippen LogP) is 2.47. The van der Waals surface area contributed by atoms with Gasteiger partial charge in [-0.05, 0) is 53.8 Å². The third-order valence-corrected chi connectivity index (χ3v) is 7.19. The Hall–Kier alpha value is -2.71. The molecule has 0 bridgehead atoms. The maximum absolute atomic E-state index is 13.9. The number of aromatic nitrogens is 1. The number of sulfone groups is 1. The third kappa shape index (κ3) is 4.39. The van der Waals surface area contributed by atoms with E-state index in [1.54, 1.807) is 23.8 Å². The van der Waals surface area contributed by atoms with Crippen LogP contribution in [0, 0.1) is 5.82 Å². The van der Waals surface area contributed by atoms with Crippen LogP contribution in [0.25, 0.3) is 10.9 Å². The van der Waals surface area contributed by atoms with Gasteiger partial charge in [-0.2, -0.15) is 0 Å². The van der Waals surface area contributed by atoms with Crippen molar-refractivity contribution in [2.75, 3.05) is 18.6 Å². The summed E-state index contributed by atoms with van der Waals surface area (Å²) in [7, 11) is -1.43. The van der Waals surface area contributed by atoms with Crippen LogP contribution in [-0.4, -0.2) is 37.6 Å². The van der Waals surface area contributed by atoms with Crippen molar-refractivity contribution in [3.05, 3.63) is 75.8 Å². The second kappa shape index (κ2) is 8.20. The first kappa shape index (κ1) is 20.6. The van der Waals surface area contributed by atoms with E-state index < -0.39 is 15.7 Å². The molecule has 8 heteroatoms. The molecule has 1 aliphatic heterocycles. The normalized spacial score (nSPS) is 18.0. The lowest BCUT2D eigenvalue weighted by molar-refractivity contribution is 0.414. The maximum atomic E-state index is 13.9. The number of nitrogens with zero attached hydrogens (tertiary/aromatic N) is 1. The minimum absolute atomic E-state index is 0.0871. The van der Waals surface area contributed by atoms with E-state index in [1.807, 2.05) is 24.3 Å². The summed E-state index contributed by atoms with van der Waals surface area (Å²) in [5, 5.41) is 3.94. The predicted molar refractivity (Wildman–Crippen MR) is 114 cm³/mol. The summed E-state index contributed by atoms with van der Waals surface area (Å²) in [5.41, 5.74) is 1.65. The van der Waals surface area contributed by atoms with Crippen molar-refractivity contribution in [2.24, 2.45) is 0 Å². The fourth-order valence-corrected chi connectivity index (χ4v) is 5.56. The molecular formula is C22H23FN2O4S. The van der Waals surface area contributed by atoms with E-state index >= 15 is 0 Å². The van der Waals surface area contributed by atoms with Gasteiger partial charge in [-0.15, -0.1) is 0 Å². The van der Waals surface area contributed by atoms with Crippen LogP contribution in [0.3, 0.4) is 0 Å². The second-order valence-corrected chi connectivity index (χ2v) is 9.83. The molecule has 1 saturated heterocycles. The van der Waals surface area contributed by atoms with E-state index in [-0.39, 0.29) is 36.2 Å². The standard InChI is InChI=1S/C22H23FN2O4S/c1-29-20-4-2-3-15(9-20)13-25-21-11-18(23)6-5-16(21)10-17(22(25)26)12-24-19-7-8-30(27,28)14-19/h2-6,9-11,19,24H,7-8,12-14H2,1H3. The zero-order chi connectivity index (χ0) is 21.3. The first-order chi connectivity index (χ1) is 14.3. The summed E-state index contributed by atoms with van der Waals surface area (Å²) in [6.07, 6.45) is 0.541. The SMILES string of the molecule is COc1cccc(Cn2c(=O)c(CNC3CCS(=O)(=O)C3)cc3ccc(F)cc32)c1. The topological polar surface area (TPSA) is 77.4 Å². The fourth-order valence-electron chi connectivity index (χ4n) is 3.85. The van der Waals surface area contributed by atoms with Crippen LogP contribution in [0.15, 0.2) is 53.3 Å². The number of methoxy groups -OCH3 is 1. The lowest BCUT2D eigenvalue weighted by Gasteiger charge is -2.16. The van der Waals surface area contributed by atoms with E-state index in [1.165, 1.54) is 12.1 Å². The van der Waals surface area contributed by atoms with Gasteiger partial charge in [-0.25, -0.2) is 12.8 Å². The molecule has 30 heavy (non-hydrogen) atoms. The van der Waals surface area contributed by atoms with Crippen molar-refractivity contribution >= 4 is 20.7 Å². The maximum Gasteiger partial charge on any atom is 0.255 e. The smallest absolute Gasteiger partial charge is 0.255 e. The summed E-state index contributed by atoms with van der Waals surface area (Å²) >= 11 is 0. The molecule has 0 aliphatic carbocycles. The van der Waals surface area contributed by atoms with Crippen LogP contribution in [0.1, 0.15) is 17.5 Å². The van der Waals surface area contributed by atoms with Crippen molar-refractivity contribution < 1.29 is 17.5 Å². The molecule has 1 aromatic heterocycles. The van der Waals surface area contributed by atoms with Gasteiger partial charge in [0.15, 0.2) is 9.84 Å². The van der Waals surface area contributed by atoms with E-state index in [0.29, 0.717) is 23.3 Å². The van der Waals surface area contributed by atoms with E-state index in [4.69, 9.17) is 4.74 Å². The molecule has 1 N–H and O–H groups in total. The molecule has 0 radical (unpaired) electrons. The zero-order valence-electron chi connectivity index (χ0n) is 16.6. The van der Waals surface area contributed by atoms with Crippen molar-refractivity contribution in [3.8, 4) is 5.75 Å². The highest BCUT2D eigenvalue weighted by Crippen LogP contribution is 2.19. The highest BCUT2D eigenvalue weighted by atomic mass is 32.2. The second-order valence-electron chi connectivity index (χ2n) is 7.60. The van der Waals surface area contributed by atoms with Crippen molar-refractivity contribution in [1.82, 2.24) is 9.88 Å². The molecule has 3 aromatic rings. The highest BCUT2D eigenvalue weighted by Gasteiger charge is 2.27. The molecule has 0 amide bonds. The summed E-state index contributed by atoms with van der Waals surface area (Å²) in [6.45, 7) is 0.520. The van der Waals surface area contributed by atoms with E-state index in [0.717, 1.165) is 10.9 Å². The van der Waals surface area contributed by atoms with Gasteiger partial charge in [-0.3, -0.25) is 4.79 Å². The monoisotopic (exact) mass is 430 g/mol. The minimum Gasteiger partial charge on any atom is -0.497 e. The number of rotatable bonds is 6. The van der Waals surface area contributed by atoms with Crippen LogP contribution in [0.2, 0.25) is 0 Å². The third-order valence-electron chi connectivity index (χ3n) is 5.42. The van der Waals surface area contributed by atoms with Crippen LogP contribution in [0.5, 0.6) is 5.75 Å². The number of nitrogens with one attached hydrogen (secondary N) is 1. The van der Waals surface area contributed by atoms with Crippen molar-refractivity contribution in [1.29, 1.82) is 0 Å². The zero-order valence-corrected chi connectivity index (χ0v) is 17.4. The van der Waals surface area contributed by atoms with E-state index in [9.17, 15) is 17.6 Å². The van der Waals surface area contributed by atoms with Gasteiger partial charge in [0.25, 0.3) is 5.56 Å².